The van der Waals surface area contributed by atoms with Crippen LogP contribution in [0.5, 0.6) is 11.5 Å². The maximum absolute atomic E-state index is 11.9. The van der Waals surface area contributed by atoms with Crippen LogP contribution in [0.3, 0.4) is 0 Å². The molecule has 1 amide bonds. The Balaban J connectivity index is 1.72. The van der Waals surface area contributed by atoms with Crippen LogP contribution < -0.4 is 14.9 Å². The standard InChI is InChI=1S/C19H15Br3N4O3/c1-28-17-3-2-11(9-24-26-19(27)16-4-5-23-25-16)6-12(17)10-29-18-14(21)7-13(20)8-15(18)22/h2-9H,10H2,1H3,(H,23,25)(H,26,27)/b24-9-. The van der Waals surface area contributed by atoms with Crippen LogP contribution in [0, 0.1) is 0 Å². The fourth-order valence-electron chi connectivity index (χ4n) is 2.42. The van der Waals surface area contributed by atoms with Crippen molar-refractivity contribution in [3.8, 4) is 11.5 Å². The van der Waals surface area contributed by atoms with Gasteiger partial charge in [0.25, 0.3) is 5.91 Å². The predicted octanol–water partition coefficient (Wildman–Crippen LogP) is 5.05. The third-order valence-corrected chi connectivity index (χ3v) is 5.40. The quantitative estimate of drug-likeness (QED) is 0.300. The van der Waals surface area contributed by atoms with Crippen molar-refractivity contribution in [1.82, 2.24) is 15.6 Å². The van der Waals surface area contributed by atoms with Crippen molar-refractivity contribution >= 4 is 59.9 Å². The molecule has 0 radical (unpaired) electrons. The number of nitrogens with one attached hydrogen (secondary N) is 2. The number of carbonyl (C=O) groups excluding carboxylic acids is 1. The molecule has 1 heterocycles. The molecular formula is C19H15Br3N4O3. The summed E-state index contributed by atoms with van der Waals surface area (Å²) in [5.41, 5.74) is 4.38. The number of rotatable bonds is 7. The number of carbonyl (C=O) groups is 1. The van der Waals surface area contributed by atoms with Crippen LogP contribution >= 0.6 is 47.8 Å². The molecule has 0 saturated heterocycles. The van der Waals surface area contributed by atoms with Gasteiger partial charge in [-0.05, 0) is 73.8 Å². The number of hydrazone groups is 1. The van der Waals surface area contributed by atoms with Gasteiger partial charge in [-0.25, -0.2) is 5.43 Å². The number of aromatic amines is 1. The Bertz CT molecular complexity index is 1020. The van der Waals surface area contributed by atoms with E-state index in [1.807, 2.05) is 30.3 Å². The first-order chi connectivity index (χ1) is 14.0. The fourth-order valence-corrected chi connectivity index (χ4v) is 4.90. The van der Waals surface area contributed by atoms with E-state index in [-0.39, 0.29) is 12.5 Å². The van der Waals surface area contributed by atoms with Crippen LogP contribution in [0.25, 0.3) is 0 Å². The Kier molecular flexibility index (Phi) is 7.45. The molecule has 0 fully saturated rings. The van der Waals surface area contributed by atoms with Gasteiger partial charge in [-0.3, -0.25) is 9.89 Å². The zero-order valence-corrected chi connectivity index (χ0v) is 19.8. The van der Waals surface area contributed by atoms with Crippen molar-refractivity contribution in [3.05, 3.63) is 72.8 Å². The van der Waals surface area contributed by atoms with E-state index in [1.165, 1.54) is 6.20 Å². The summed E-state index contributed by atoms with van der Waals surface area (Å²) in [5, 5.41) is 10.3. The van der Waals surface area contributed by atoms with E-state index >= 15 is 0 Å². The minimum absolute atomic E-state index is 0.282. The van der Waals surface area contributed by atoms with Crippen LogP contribution in [0.1, 0.15) is 21.6 Å². The van der Waals surface area contributed by atoms with Crippen molar-refractivity contribution in [1.29, 1.82) is 0 Å². The smallest absolute Gasteiger partial charge is 0.289 e. The number of hydrogen-bond donors (Lipinski definition) is 2. The largest absolute Gasteiger partial charge is 0.496 e. The van der Waals surface area contributed by atoms with E-state index < -0.39 is 0 Å². The normalized spacial score (nSPS) is 10.9. The number of H-pyrrole nitrogens is 1. The lowest BCUT2D eigenvalue weighted by Gasteiger charge is -2.13. The van der Waals surface area contributed by atoms with Gasteiger partial charge in [-0.2, -0.15) is 10.2 Å². The zero-order chi connectivity index (χ0) is 20.8. The molecule has 2 aromatic carbocycles. The molecule has 3 aromatic rings. The van der Waals surface area contributed by atoms with Gasteiger partial charge in [-0.15, -0.1) is 0 Å². The second-order valence-electron chi connectivity index (χ2n) is 5.73. The van der Waals surface area contributed by atoms with Crippen LogP contribution in [0.2, 0.25) is 0 Å². The Hall–Kier alpha value is -2.17. The number of aromatic nitrogens is 2. The highest BCUT2D eigenvalue weighted by Gasteiger charge is 2.11. The lowest BCUT2D eigenvalue weighted by atomic mass is 10.1. The molecule has 29 heavy (non-hydrogen) atoms. The molecule has 150 valence electrons. The van der Waals surface area contributed by atoms with Crippen molar-refractivity contribution in [3.63, 3.8) is 0 Å². The Morgan fingerprint density at radius 3 is 2.62 bits per heavy atom. The molecule has 0 unspecified atom stereocenters. The summed E-state index contributed by atoms with van der Waals surface area (Å²) >= 11 is 10.4. The van der Waals surface area contributed by atoms with E-state index in [4.69, 9.17) is 9.47 Å². The van der Waals surface area contributed by atoms with E-state index in [0.29, 0.717) is 17.2 Å². The number of nitrogens with zero attached hydrogens (tertiary/aromatic N) is 2. The van der Waals surface area contributed by atoms with Gasteiger partial charge >= 0.3 is 0 Å². The molecule has 0 saturated carbocycles. The van der Waals surface area contributed by atoms with Crippen LogP contribution in [0.15, 0.2) is 61.1 Å². The van der Waals surface area contributed by atoms with E-state index in [0.717, 1.165) is 24.5 Å². The third kappa shape index (κ3) is 5.68. The second-order valence-corrected chi connectivity index (χ2v) is 8.35. The Morgan fingerprint density at radius 2 is 1.97 bits per heavy atom. The van der Waals surface area contributed by atoms with Gasteiger partial charge in [0.15, 0.2) is 0 Å². The van der Waals surface area contributed by atoms with Crippen molar-refractivity contribution in [2.45, 2.75) is 6.61 Å². The molecule has 0 aliphatic heterocycles. The molecule has 10 heteroatoms. The van der Waals surface area contributed by atoms with E-state index in [2.05, 4.69) is 68.5 Å². The van der Waals surface area contributed by atoms with Gasteiger partial charge in [0.05, 0.1) is 22.3 Å². The number of hydrogen-bond acceptors (Lipinski definition) is 5. The number of ether oxygens (including phenoxy) is 2. The number of benzene rings is 2. The first-order valence-electron chi connectivity index (χ1n) is 8.25. The number of amides is 1. The fraction of sp³-hybridized carbons (Fsp3) is 0.105. The highest BCUT2D eigenvalue weighted by Crippen LogP contribution is 2.37. The zero-order valence-electron chi connectivity index (χ0n) is 15.1. The maximum atomic E-state index is 11.9. The summed E-state index contributed by atoms with van der Waals surface area (Å²) in [6.45, 7) is 0.282. The van der Waals surface area contributed by atoms with Gasteiger partial charge in [0, 0.05) is 16.2 Å². The molecule has 1 aromatic heterocycles. The van der Waals surface area contributed by atoms with E-state index in [1.54, 1.807) is 19.4 Å². The summed E-state index contributed by atoms with van der Waals surface area (Å²) in [6, 6.07) is 10.9. The molecule has 0 spiro atoms. The third-order valence-electron chi connectivity index (χ3n) is 3.76. The summed E-state index contributed by atoms with van der Waals surface area (Å²) < 4.78 is 14.0. The van der Waals surface area contributed by atoms with Gasteiger partial charge in [0.1, 0.15) is 23.8 Å². The van der Waals surface area contributed by atoms with Gasteiger partial charge in [-0.1, -0.05) is 15.9 Å². The summed E-state index contributed by atoms with van der Waals surface area (Å²) in [5.74, 6) is 0.995. The monoisotopic (exact) mass is 584 g/mol. The number of halogens is 3. The summed E-state index contributed by atoms with van der Waals surface area (Å²) in [6.07, 6.45) is 3.04. The predicted molar refractivity (Wildman–Crippen MR) is 121 cm³/mol. The Morgan fingerprint density at radius 1 is 1.21 bits per heavy atom. The van der Waals surface area contributed by atoms with Crippen molar-refractivity contribution in [2.24, 2.45) is 5.10 Å². The highest BCUT2D eigenvalue weighted by molar-refractivity contribution is 9.11. The van der Waals surface area contributed by atoms with Gasteiger partial charge < -0.3 is 9.47 Å². The minimum atomic E-state index is -0.374. The van der Waals surface area contributed by atoms with Crippen LogP contribution in [-0.2, 0) is 6.61 Å². The maximum Gasteiger partial charge on any atom is 0.289 e. The molecule has 2 N–H and O–H groups in total. The molecule has 0 atom stereocenters. The summed E-state index contributed by atoms with van der Waals surface area (Å²) in [7, 11) is 1.60. The lowest BCUT2D eigenvalue weighted by molar-refractivity contribution is 0.0950. The van der Waals surface area contributed by atoms with Crippen LogP contribution in [-0.4, -0.2) is 29.4 Å². The molecule has 0 aliphatic rings. The topological polar surface area (TPSA) is 88.6 Å². The molecular weight excluding hydrogens is 572 g/mol. The first-order valence-corrected chi connectivity index (χ1v) is 10.6. The highest BCUT2D eigenvalue weighted by atomic mass is 79.9. The molecule has 0 aliphatic carbocycles. The minimum Gasteiger partial charge on any atom is -0.496 e. The number of methoxy groups -OCH3 is 1. The SMILES string of the molecule is COc1ccc(/C=N\NC(=O)c2ccn[nH]2)cc1COc1c(Br)cc(Br)cc1Br. The second kappa shape index (κ2) is 10.0. The van der Waals surface area contributed by atoms with Gasteiger partial charge in [0.2, 0.25) is 0 Å². The average molecular weight is 587 g/mol. The molecule has 7 nitrogen and oxygen atoms in total. The molecule has 0 bridgehead atoms. The Labute approximate surface area is 192 Å². The summed E-state index contributed by atoms with van der Waals surface area (Å²) in [4.78, 5) is 11.9. The average Bonchev–Trinajstić information content (AvgIpc) is 3.22. The molecule has 3 rings (SSSR count). The van der Waals surface area contributed by atoms with E-state index in [9.17, 15) is 4.79 Å². The first kappa shape index (κ1) is 21.5. The van der Waals surface area contributed by atoms with Crippen LogP contribution in [0.4, 0.5) is 0 Å². The lowest BCUT2D eigenvalue weighted by Crippen LogP contribution is -2.18. The van der Waals surface area contributed by atoms with Crippen molar-refractivity contribution in [2.75, 3.05) is 7.11 Å². The van der Waals surface area contributed by atoms with Crippen molar-refractivity contribution < 1.29 is 14.3 Å².